The lowest BCUT2D eigenvalue weighted by atomic mass is 10.0. The van der Waals surface area contributed by atoms with Gasteiger partial charge in [0.25, 0.3) is 0 Å². The Morgan fingerprint density at radius 3 is 1.48 bits per heavy atom. The molecule has 13 heteroatoms. The highest BCUT2D eigenvalue weighted by atomic mass is 16.4. The van der Waals surface area contributed by atoms with Crippen molar-refractivity contribution >= 4 is 35.5 Å². The van der Waals surface area contributed by atoms with Gasteiger partial charge in [0.15, 0.2) is 0 Å². The molecule has 0 saturated heterocycles. The van der Waals surface area contributed by atoms with Crippen molar-refractivity contribution in [3.63, 3.8) is 0 Å². The second-order valence-corrected chi connectivity index (χ2v) is 8.73. The van der Waals surface area contributed by atoms with Crippen molar-refractivity contribution in [2.24, 2.45) is 29.0 Å². The monoisotopic (exact) mass is 472 g/mol. The van der Waals surface area contributed by atoms with E-state index in [1.165, 1.54) is 0 Å². The van der Waals surface area contributed by atoms with Crippen LogP contribution in [0.3, 0.4) is 0 Å². The molecule has 10 N–H and O–H groups in total. The predicted molar refractivity (Wildman–Crippen MR) is 118 cm³/mol. The SMILES string of the molecule is CC(C)CC(NC(=O)C(CC(N)=O)NC(=O)C(CC(C)C)NC(=O)C(N)CC(N)=O)C(=O)O. The summed E-state index contributed by atoms with van der Waals surface area (Å²) in [6, 6.07) is -5.12. The molecule has 0 aromatic rings. The number of hydrogen-bond donors (Lipinski definition) is 7. The van der Waals surface area contributed by atoms with E-state index in [1.54, 1.807) is 27.7 Å². The van der Waals surface area contributed by atoms with Crippen LogP contribution in [-0.2, 0) is 28.8 Å². The Kier molecular flexibility index (Phi) is 12.7. The van der Waals surface area contributed by atoms with Crippen LogP contribution >= 0.6 is 0 Å². The van der Waals surface area contributed by atoms with Crippen LogP contribution < -0.4 is 33.2 Å². The van der Waals surface area contributed by atoms with Crippen LogP contribution in [0, 0.1) is 11.8 Å². The van der Waals surface area contributed by atoms with E-state index in [9.17, 15) is 33.9 Å². The highest BCUT2D eigenvalue weighted by Crippen LogP contribution is 2.08. The molecular formula is C20H36N6O7. The van der Waals surface area contributed by atoms with E-state index in [0.29, 0.717) is 0 Å². The molecule has 0 bridgehead atoms. The first kappa shape index (κ1) is 29.8. The Morgan fingerprint density at radius 2 is 1.06 bits per heavy atom. The van der Waals surface area contributed by atoms with Gasteiger partial charge in [-0.15, -0.1) is 0 Å². The third-order valence-electron chi connectivity index (χ3n) is 4.46. The Hall–Kier alpha value is -3.22. The number of primary amides is 2. The third kappa shape index (κ3) is 12.4. The Labute approximate surface area is 192 Å². The summed E-state index contributed by atoms with van der Waals surface area (Å²) >= 11 is 0. The highest BCUT2D eigenvalue weighted by molar-refractivity contribution is 5.96. The lowest BCUT2D eigenvalue weighted by molar-refractivity contribution is -0.143. The van der Waals surface area contributed by atoms with Crippen LogP contribution in [0.4, 0.5) is 0 Å². The summed E-state index contributed by atoms with van der Waals surface area (Å²) in [5.74, 6) is -5.60. The number of amides is 5. The number of carboxylic acid groups (broad SMARTS) is 1. The van der Waals surface area contributed by atoms with Crippen LogP contribution in [0.1, 0.15) is 53.4 Å². The van der Waals surface area contributed by atoms with Gasteiger partial charge in [0.05, 0.1) is 18.9 Å². The van der Waals surface area contributed by atoms with Gasteiger partial charge >= 0.3 is 5.97 Å². The molecule has 0 aromatic heterocycles. The van der Waals surface area contributed by atoms with Crippen molar-refractivity contribution in [2.45, 2.75) is 77.5 Å². The minimum Gasteiger partial charge on any atom is -0.480 e. The summed E-state index contributed by atoms with van der Waals surface area (Å²) in [7, 11) is 0. The van der Waals surface area contributed by atoms with E-state index in [-0.39, 0.29) is 24.7 Å². The van der Waals surface area contributed by atoms with Gasteiger partial charge in [-0.25, -0.2) is 4.79 Å². The standard InChI is InChI=1S/C20H36N6O7/c1-9(2)5-12(24-17(29)11(21)7-15(22)27)18(30)25-13(8-16(23)28)19(31)26-14(20(32)33)6-10(3)4/h9-14H,5-8,21H2,1-4H3,(H2,22,27)(H2,23,28)(H,24,29)(H,25,30)(H,26,31)(H,32,33). The number of aliphatic carboxylic acids is 1. The highest BCUT2D eigenvalue weighted by Gasteiger charge is 2.31. The molecular weight excluding hydrogens is 436 g/mol. The molecule has 0 saturated carbocycles. The molecule has 0 aliphatic carbocycles. The molecule has 0 aliphatic rings. The zero-order valence-electron chi connectivity index (χ0n) is 19.4. The first-order chi connectivity index (χ1) is 15.1. The van der Waals surface area contributed by atoms with Gasteiger partial charge in [-0.3, -0.25) is 24.0 Å². The Bertz CT molecular complexity index is 740. The number of carbonyl (C=O) groups is 6. The Balaban J connectivity index is 5.54. The average Bonchev–Trinajstić information content (AvgIpc) is 2.64. The van der Waals surface area contributed by atoms with Crippen molar-refractivity contribution in [1.82, 2.24) is 16.0 Å². The molecule has 188 valence electrons. The van der Waals surface area contributed by atoms with Crippen LogP contribution in [-0.4, -0.2) is 64.8 Å². The number of hydrogen-bond acceptors (Lipinski definition) is 7. The maximum Gasteiger partial charge on any atom is 0.326 e. The van der Waals surface area contributed by atoms with Crippen molar-refractivity contribution in [3.05, 3.63) is 0 Å². The molecule has 0 aromatic carbocycles. The lowest BCUT2D eigenvalue weighted by Gasteiger charge is -2.25. The van der Waals surface area contributed by atoms with Crippen molar-refractivity contribution in [3.8, 4) is 0 Å². The molecule has 5 amide bonds. The largest absolute Gasteiger partial charge is 0.480 e. The summed E-state index contributed by atoms with van der Waals surface area (Å²) in [6.45, 7) is 7.11. The van der Waals surface area contributed by atoms with E-state index in [2.05, 4.69) is 16.0 Å². The van der Waals surface area contributed by atoms with Gasteiger partial charge in [-0.05, 0) is 24.7 Å². The van der Waals surface area contributed by atoms with E-state index < -0.39 is 72.5 Å². The minimum atomic E-state index is -1.46. The molecule has 0 radical (unpaired) electrons. The van der Waals surface area contributed by atoms with E-state index >= 15 is 0 Å². The molecule has 0 heterocycles. The van der Waals surface area contributed by atoms with Gasteiger partial charge in [0.2, 0.25) is 29.5 Å². The zero-order valence-corrected chi connectivity index (χ0v) is 19.4. The maximum atomic E-state index is 12.8. The van der Waals surface area contributed by atoms with Gasteiger partial charge in [0, 0.05) is 0 Å². The fourth-order valence-electron chi connectivity index (χ4n) is 2.94. The van der Waals surface area contributed by atoms with Gasteiger partial charge in [-0.1, -0.05) is 27.7 Å². The van der Waals surface area contributed by atoms with Crippen LogP contribution in [0.25, 0.3) is 0 Å². The molecule has 0 rings (SSSR count). The van der Waals surface area contributed by atoms with Gasteiger partial charge in [0.1, 0.15) is 18.1 Å². The minimum absolute atomic E-state index is 0.0502. The molecule has 0 fully saturated rings. The predicted octanol–water partition coefficient (Wildman–Crippen LogP) is -2.30. The molecule has 0 spiro atoms. The van der Waals surface area contributed by atoms with Crippen molar-refractivity contribution in [1.29, 1.82) is 0 Å². The summed E-state index contributed by atoms with van der Waals surface area (Å²) in [4.78, 5) is 71.6. The van der Waals surface area contributed by atoms with Crippen LogP contribution in [0.5, 0.6) is 0 Å². The second-order valence-electron chi connectivity index (χ2n) is 8.73. The van der Waals surface area contributed by atoms with E-state index in [1.807, 2.05) is 0 Å². The molecule has 0 aliphatic heterocycles. The number of nitrogens with two attached hydrogens (primary N) is 3. The number of nitrogens with one attached hydrogen (secondary N) is 3. The lowest BCUT2D eigenvalue weighted by Crippen LogP contribution is -2.58. The van der Waals surface area contributed by atoms with Crippen LogP contribution in [0.15, 0.2) is 0 Å². The quantitative estimate of drug-likeness (QED) is 0.136. The van der Waals surface area contributed by atoms with Crippen molar-refractivity contribution < 1.29 is 33.9 Å². The molecule has 4 atom stereocenters. The summed E-state index contributed by atoms with van der Waals surface area (Å²) in [6.07, 6.45) is -0.741. The molecule has 13 nitrogen and oxygen atoms in total. The Morgan fingerprint density at radius 1 is 0.667 bits per heavy atom. The first-order valence-corrected chi connectivity index (χ1v) is 10.6. The molecule has 4 unspecified atom stereocenters. The van der Waals surface area contributed by atoms with Gasteiger partial charge < -0.3 is 38.3 Å². The zero-order chi connectivity index (χ0) is 25.9. The maximum absolute atomic E-state index is 12.8. The topological polar surface area (TPSA) is 237 Å². The number of rotatable bonds is 15. The van der Waals surface area contributed by atoms with Crippen molar-refractivity contribution in [2.75, 3.05) is 0 Å². The fraction of sp³-hybridized carbons (Fsp3) is 0.700. The second kappa shape index (κ2) is 14.0. The fourth-order valence-corrected chi connectivity index (χ4v) is 2.94. The summed E-state index contributed by atoms with van der Waals surface area (Å²) in [5.41, 5.74) is 15.8. The van der Waals surface area contributed by atoms with E-state index in [0.717, 1.165) is 0 Å². The summed E-state index contributed by atoms with van der Waals surface area (Å²) < 4.78 is 0. The number of carboxylic acids is 1. The van der Waals surface area contributed by atoms with E-state index in [4.69, 9.17) is 17.2 Å². The van der Waals surface area contributed by atoms with Crippen LogP contribution in [0.2, 0.25) is 0 Å². The summed E-state index contributed by atoms with van der Waals surface area (Å²) in [5, 5.41) is 16.4. The number of carbonyl (C=O) groups excluding carboxylic acids is 5. The molecule has 33 heavy (non-hydrogen) atoms. The smallest absolute Gasteiger partial charge is 0.326 e. The normalized spacial score (nSPS) is 14.6. The average molecular weight is 473 g/mol. The third-order valence-corrected chi connectivity index (χ3v) is 4.46. The van der Waals surface area contributed by atoms with Gasteiger partial charge in [-0.2, -0.15) is 0 Å². The first-order valence-electron chi connectivity index (χ1n) is 10.6.